The second kappa shape index (κ2) is 9.38. The van der Waals surface area contributed by atoms with Crippen molar-refractivity contribution in [1.29, 1.82) is 5.26 Å². The van der Waals surface area contributed by atoms with Crippen molar-refractivity contribution in [2.24, 2.45) is 5.10 Å². The summed E-state index contributed by atoms with van der Waals surface area (Å²) in [5.74, 6) is -0.439. The summed E-state index contributed by atoms with van der Waals surface area (Å²) >= 11 is 0. The molecular formula is C26H20N4O. The van der Waals surface area contributed by atoms with Crippen LogP contribution >= 0.6 is 0 Å². The first-order valence-electron chi connectivity index (χ1n) is 9.89. The van der Waals surface area contributed by atoms with Gasteiger partial charge in [0.25, 0.3) is 5.91 Å². The van der Waals surface area contributed by atoms with Gasteiger partial charge in [-0.25, -0.2) is 5.43 Å². The molecule has 1 N–H and O–H groups in total. The summed E-state index contributed by atoms with van der Waals surface area (Å²) in [7, 11) is 0. The van der Waals surface area contributed by atoms with E-state index in [4.69, 9.17) is 5.26 Å². The van der Waals surface area contributed by atoms with Crippen LogP contribution in [0.1, 0.15) is 12.0 Å². The van der Waals surface area contributed by atoms with E-state index in [2.05, 4.69) is 57.6 Å². The number of para-hydroxylation sites is 1. The number of nitrogens with zero attached hydrogens (tertiary/aromatic N) is 3. The molecule has 0 spiro atoms. The van der Waals surface area contributed by atoms with Gasteiger partial charge in [-0.1, -0.05) is 78.9 Å². The number of benzene rings is 3. The second-order valence-electron chi connectivity index (χ2n) is 6.86. The van der Waals surface area contributed by atoms with Gasteiger partial charge in [-0.15, -0.1) is 0 Å². The van der Waals surface area contributed by atoms with E-state index in [0.29, 0.717) is 0 Å². The van der Waals surface area contributed by atoms with Gasteiger partial charge >= 0.3 is 0 Å². The van der Waals surface area contributed by atoms with Crippen LogP contribution in [-0.2, 0) is 4.79 Å². The number of hydrazone groups is 1. The van der Waals surface area contributed by atoms with Crippen LogP contribution in [0.15, 0.2) is 102 Å². The standard InChI is InChI=1S/C26H20N4O/c27-17-16-25(31)29-28-19-22-18-24(20-10-4-1-5-11-20)30(23-14-8-3-9-15-23)26(22)21-12-6-2-7-13-21/h1-15,18-19H,16H2,(H,29,31). The largest absolute Gasteiger partial charge is 0.309 e. The first-order valence-corrected chi connectivity index (χ1v) is 9.89. The van der Waals surface area contributed by atoms with Gasteiger partial charge in [0.15, 0.2) is 0 Å². The minimum absolute atomic E-state index is 0.233. The predicted octanol–water partition coefficient (Wildman–Crippen LogP) is 5.18. The highest BCUT2D eigenvalue weighted by Gasteiger charge is 2.18. The van der Waals surface area contributed by atoms with Gasteiger partial charge in [-0.2, -0.15) is 10.4 Å². The van der Waals surface area contributed by atoms with Crippen LogP contribution in [-0.4, -0.2) is 16.7 Å². The van der Waals surface area contributed by atoms with Gasteiger partial charge in [0, 0.05) is 11.3 Å². The number of aromatic nitrogens is 1. The molecule has 0 bridgehead atoms. The molecule has 0 aliphatic heterocycles. The fourth-order valence-electron chi connectivity index (χ4n) is 3.47. The van der Waals surface area contributed by atoms with E-state index in [9.17, 15) is 4.79 Å². The Balaban J connectivity index is 1.92. The van der Waals surface area contributed by atoms with E-state index in [1.807, 2.05) is 60.7 Å². The van der Waals surface area contributed by atoms with Crippen molar-refractivity contribution in [2.45, 2.75) is 6.42 Å². The number of carbonyl (C=O) groups is 1. The average molecular weight is 404 g/mol. The van der Waals surface area contributed by atoms with Crippen LogP contribution in [0.4, 0.5) is 0 Å². The molecule has 5 heteroatoms. The summed E-state index contributed by atoms with van der Waals surface area (Å²) in [4.78, 5) is 11.7. The average Bonchev–Trinajstić information content (AvgIpc) is 3.20. The van der Waals surface area contributed by atoms with E-state index in [-0.39, 0.29) is 6.42 Å². The number of rotatable bonds is 6. The molecule has 3 aromatic carbocycles. The summed E-state index contributed by atoms with van der Waals surface area (Å²) in [6.07, 6.45) is 1.40. The highest BCUT2D eigenvalue weighted by Crippen LogP contribution is 2.35. The Morgan fingerprint density at radius 2 is 1.48 bits per heavy atom. The third-order valence-corrected chi connectivity index (χ3v) is 4.79. The maximum absolute atomic E-state index is 11.7. The summed E-state index contributed by atoms with van der Waals surface area (Å²) in [6.45, 7) is 0. The van der Waals surface area contributed by atoms with E-state index in [0.717, 1.165) is 33.8 Å². The number of amides is 1. The van der Waals surface area contributed by atoms with Crippen LogP contribution in [0, 0.1) is 11.3 Å². The zero-order chi connectivity index (χ0) is 21.5. The van der Waals surface area contributed by atoms with Crippen LogP contribution < -0.4 is 5.43 Å². The van der Waals surface area contributed by atoms with Gasteiger partial charge < -0.3 is 4.57 Å². The minimum Gasteiger partial charge on any atom is -0.309 e. The van der Waals surface area contributed by atoms with Crippen molar-refractivity contribution in [3.8, 4) is 34.3 Å². The Bertz CT molecular complexity index is 1240. The van der Waals surface area contributed by atoms with Crippen molar-refractivity contribution in [1.82, 2.24) is 9.99 Å². The molecule has 0 aliphatic rings. The minimum atomic E-state index is -0.439. The Morgan fingerprint density at radius 3 is 2.10 bits per heavy atom. The highest BCUT2D eigenvalue weighted by molar-refractivity contribution is 5.94. The molecule has 0 radical (unpaired) electrons. The molecular weight excluding hydrogens is 384 g/mol. The highest BCUT2D eigenvalue weighted by atomic mass is 16.2. The van der Waals surface area contributed by atoms with E-state index >= 15 is 0 Å². The van der Waals surface area contributed by atoms with Gasteiger partial charge in [-0.3, -0.25) is 4.79 Å². The summed E-state index contributed by atoms with van der Waals surface area (Å²) < 4.78 is 2.20. The first-order chi connectivity index (χ1) is 15.3. The second-order valence-corrected chi connectivity index (χ2v) is 6.86. The molecule has 0 saturated heterocycles. The molecule has 0 saturated carbocycles. The fourth-order valence-corrected chi connectivity index (χ4v) is 3.47. The quantitative estimate of drug-likeness (QED) is 0.355. The first kappa shape index (κ1) is 19.9. The number of nitrogens with one attached hydrogen (secondary N) is 1. The van der Waals surface area contributed by atoms with Gasteiger partial charge in [0.2, 0.25) is 0 Å². The SMILES string of the molecule is N#CCC(=O)NN=Cc1cc(-c2ccccc2)n(-c2ccccc2)c1-c1ccccc1. The molecule has 1 amide bonds. The lowest BCUT2D eigenvalue weighted by Gasteiger charge is -2.15. The number of nitriles is 1. The lowest BCUT2D eigenvalue weighted by atomic mass is 10.1. The Kier molecular flexibility index (Phi) is 6.01. The monoisotopic (exact) mass is 404 g/mol. The molecule has 31 heavy (non-hydrogen) atoms. The molecule has 4 rings (SSSR count). The summed E-state index contributed by atoms with van der Waals surface area (Å²) in [5, 5.41) is 12.8. The van der Waals surface area contributed by atoms with Gasteiger partial charge in [0.1, 0.15) is 6.42 Å². The maximum atomic E-state index is 11.7. The van der Waals surface area contributed by atoms with E-state index < -0.39 is 5.91 Å². The number of hydrogen-bond acceptors (Lipinski definition) is 3. The Labute approximate surface area is 180 Å². The molecule has 0 unspecified atom stereocenters. The van der Waals surface area contributed by atoms with Crippen LogP contribution in [0.3, 0.4) is 0 Å². The molecule has 1 aromatic heterocycles. The topological polar surface area (TPSA) is 70.2 Å². The Hall–Kier alpha value is -4.43. The predicted molar refractivity (Wildman–Crippen MR) is 123 cm³/mol. The van der Waals surface area contributed by atoms with Crippen molar-refractivity contribution >= 4 is 12.1 Å². The smallest absolute Gasteiger partial charge is 0.254 e. The molecule has 0 fully saturated rings. The van der Waals surface area contributed by atoms with Gasteiger partial charge in [0.05, 0.1) is 23.7 Å². The van der Waals surface area contributed by atoms with Crippen molar-refractivity contribution < 1.29 is 4.79 Å². The fraction of sp³-hybridized carbons (Fsp3) is 0.0385. The molecule has 0 aliphatic carbocycles. The van der Waals surface area contributed by atoms with Crippen LogP contribution in [0.5, 0.6) is 0 Å². The molecule has 150 valence electrons. The van der Waals surface area contributed by atoms with Crippen LogP contribution in [0.2, 0.25) is 0 Å². The zero-order valence-electron chi connectivity index (χ0n) is 16.8. The molecule has 0 atom stereocenters. The van der Waals surface area contributed by atoms with Crippen LogP contribution in [0.25, 0.3) is 28.2 Å². The molecule has 1 heterocycles. The third kappa shape index (κ3) is 4.44. The lowest BCUT2D eigenvalue weighted by molar-refractivity contribution is -0.120. The summed E-state index contributed by atoms with van der Waals surface area (Å²) in [5.41, 5.74) is 8.36. The number of carbonyl (C=O) groups excluding carboxylic acids is 1. The van der Waals surface area contributed by atoms with E-state index in [1.54, 1.807) is 6.21 Å². The van der Waals surface area contributed by atoms with Crippen molar-refractivity contribution in [3.05, 3.63) is 103 Å². The zero-order valence-corrected chi connectivity index (χ0v) is 16.8. The third-order valence-electron chi connectivity index (χ3n) is 4.79. The molecule has 5 nitrogen and oxygen atoms in total. The summed E-state index contributed by atoms with van der Waals surface area (Å²) in [6, 6.07) is 34.2. The number of hydrogen-bond donors (Lipinski definition) is 1. The molecule has 4 aromatic rings. The van der Waals surface area contributed by atoms with E-state index in [1.165, 1.54) is 0 Å². The Morgan fingerprint density at radius 1 is 0.903 bits per heavy atom. The maximum Gasteiger partial charge on any atom is 0.254 e. The lowest BCUT2D eigenvalue weighted by Crippen LogP contribution is -2.16. The van der Waals surface area contributed by atoms with Gasteiger partial charge in [-0.05, 0) is 29.3 Å². The van der Waals surface area contributed by atoms with Crippen molar-refractivity contribution in [2.75, 3.05) is 0 Å². The van der Waals surface area contributed by atoms with Crippen molar-refractivity contribution in [3.63, 3.8) is 0 Å². The normalized spacial score (nSPS) is 10.7.